The highest BCUT2D eigenvalue weighted by Crippen LogP contribution is 2.04. The first-order chi connectivity index (χ1) is 3.56. The van der Waals surface area contributed by atoms with E-state index >= 15 is 0 Å². The topological polar surface area (TPSA) is 33.0 Å². The second-order valence-corrected chi connectivity index (χ2v) is 2.71. The lowest BCUT2D eigenvalue weighted by Crippen LogP contribution is -2.21. The van der Waals surface area contributed by atoms with Crippen LogP contribution in [0.1, 0.15) is 20.8 Å². The van der Waals surface area contributed by atoms with Crippen LogP contribution in [0.15, 0.2) is 0 Å². The molecule has 0 unspecified atom stereocenters. The van der Waals surface area contributed by atoms with Gasteiger partial charge in [0, 0.05) is 6.54 Å². The third-order valence-corrected chi connectivity index (χ3v) is 0.637. The molecule has 0 aliphatic rings. The third-order valence-electron chi connectivity index (χ3n) is 0.637. The van der Waals surface area contributed by atoms with Gasteiger partial charge in [0.25, 0.3) is 0 Å². The van der Waals surface area contributed by atoms with E-state index in [1.807, 2.05) is 20.8 Å². The summed E-state index contributed by atoms with van der Waals surface area (Å²) in [5.41, 5.74) is 6.69. The van der Waals surface area contributed by atoms with Crippen molar-refractivity contribution in [1.82, 2.24) is 5.73 Å². The molecule has 0 aliphatic heterocycles. The minimum absolute atomic E-state index is 0.0684. The quantitative estimate of drug-likeness (QED) is 0.531. The molecule has 0 bridgehead atoms. The van der Waals surface area contributed by atoms with Gasteiger partial charge >= 0.3 is 0 Å². The Kier molecular flexibility index (Phi) is 3.02. The molecule has 2 heteroatoms. The van der Waals surface area contributed by atoms with Gasteiger partial charge in [-0.25, -0.2) is 0 Å². The summed E-state index contributed by atoms with van der Waals surface area (Å²) in [7, 11) is 0. The summed E-state index contributed by atoms with van der Waals surface area (Å²) in [6, 6.07) is 0. The lowest BCUT2D eigenvalue weighted by Gasteiger charge is -2.18. The van der Waals surface area contributed by atoms with Crippen LogP contribution >= 0.6 is 0 Å². The van der Waals surface area contributed by atoms with Crippen LogP contribution in [0.2, 0.25) is 0 Å². The van der Waals surface area contributed by atoms with Crippen LogP contribution < -0.4 is 5.73 Å². The third kappa shape index (κ3) is 5.92. The van der Waals surface area contributed by atoms with E-state index in [0.717, 1.165) is 0 Å². The van der Waals surface area contributed by atoms with Crippen molar-refractivity contribution >= 4 is 0 Å². The Morgan fingerprint density at radius 2 is 1.88 bits per heavy atom. The Bertz CT molecular complexity index is 56.0. The standard InChI is InChI=1S/C6H14NO/c1-6(2,3)8-5-4-7/h7H,4-5H2,1-3H3. The highest BCUT2D eigenvalue weighted by molar-refractivity contribution is 4.57. The molecule has 8 heavy (non-hydrogen) atoms. The number of rotatable bonds is 2. The molecule has 0 aromatic rings. The average molecular weight is 116 g/mol. The van der Waals surface area contributed by atoms with Crippen LogP contribution in [0.4, 0.5) is 0 Å². The maximum Gasteiger partial charge on any atom is 0.0612 e. The fourth-order valence-electron chi connectivity index (χ4n) is 0.357. The predicted octanol–water partition coefficient (Wildman–Crippen LogP) is 1.08. The molecular weight excluding hydrogens is 102 g/mol. The summed E-state index contributed by atoms with van der Waals surface area (Å²) in [4.78, 5) is 0. The molecule has 0 spiro atoms. The minimum atomic E-state index is -0.0684. The molecule has 1 N–H and O–H groups in total. The fourth-order valence-corrected chi connectivity index (χ4v) is 0.357. The highest BCUT2D eigenvalue weighted by Gasteiger charge is 2.07. The molecule has 0 rings (SSSR count). The summed E-state index contributed by atoms with van der Waals surface area (Å²) >= 11 is 0. The molecule has 0 fully saturated rings. The lowest BCUT2D eigenvalue weighted by atomic mass is 10.2. The van der Waals surface area contributed by atoms with Gasteiger partial charge in [-0.15, -0.1) is 0 Å². The number of hydrogen-bond donors (Lipinski definition) is 0. The smallest absolute Gasteiger partial charge is 0.0612 e. The van der Waals surface area contributed by atoms with Crippen molar-refractivity contribution in [3.8, 4) is 0 Å². The Morgan fingerprint density at radius 1 is 1.38 bits per heavy atom. The van der Waals surface area contributed by atoms with E-state index in [1.54, 1.807) is 0 Å². The first-order valence-corrected chi connectivity index (χ1v) is 2.85. The highest BCUT2D eigenvalue weighted by atomic mass is 16.5. The van der Waals surface area contributed by atoms with Gasteiger partial charge < -0.3 is 4.74 Å². The van der Waals surface area contributed by atoms with E-state index in [9.17, 15) is 0 Å². The van der Waals surface area contributed by atoms with E-state index in [4.69, 9.17) is 10.5 Å². The number of nitrogens with one attached hydrogen (secondary N) is 1. The largest absolute Gasteiger partial charge is 0.374 e. The van der Waals surface area contributed by atoms with Gasteiger partial charge in [0.05, 0.1) is 12.2 Å². The average Bonchev–Trinajstić information content (AvgIpc) is 1.59. The zero-order valence-corrected chi connectivity index (χ0v) is 5.82. The summed E-state index contributed by atoms with van der Waals surface area (Å²) in [5.74, 6) is 0. The Hall–Kier alpha value is -0.0800. The molecule has 0 aromatic heterocycles. The summed E-state index contributed by atoms with van der Waals surface area (Å²) in [6.45, 7) is 6.87. The summed E-state index contributed by atoms with van der Waals surface area (Å²) in [5, 5.41) is 0. The molecule has 0 saturated heterocycles. The van der Waals surface area contributed by atoms with Crippen molar-refractivity contribution in [2.24, 2.45) is 0 Å². The Labute approximate surface area is 51.0 Å². The Balaban J connectivity index is 3.11. The van der Waals surface area contributed by atoms with Crippen molar-refractivity contribution in [2.45, 2.75) is 26.4 Å². The van der Waals surface area contributed by atoms with Crippen LogP contribution in [0.5, 0.6) is 0 Å². The monoisotopic (exact) mass is 116 g/mol. The first kappa shape index (κ1) is 7.92. The maximum atomic E-state index is 6.76. The SMILES string of the molecule is CC(C)(C)OCC[NH]. The van der Waals surface area contributed by atoms with Gasteiger partial charge in [-0.3, -0.25) is 5.73 Å². The minimum Gasteiger partial charge on any atom is -0.374 e. The first-order valence-electron chi connectivity index (χ1n) is 2.85. The lowest BCUT2D eigenvalue weighted by molar-refractivity contribution is 0.00145. The van der Waals surface area contributed by atoms with Gasteiger partial charge in [0.15, 0.2) is 0 Å². The molecule has 0 heterocycles. The van der Waals surface area contributed by atoms with Gasteiger partial charge in [0.1, 0.15) is 0 Å². The normalized spacial score (nSPS) is 12.0. The molecule has 1 radical (unpaired) electrons. The van der Waals surface area contributed by atoms with E-state index in [1.165, 1.54) is 0 Å². The maximum absolute atomic E-state index is 6.76. The second kappa shape index (κ2) is 3.05. The number of ether oxygens (including phenoxy) is 1. The molecule has 2 nitrogen and oxygen atoms in total. The van der Waals surface area contributed by atoms with Crippen LogP contribution in [0.25, 0.3) is 0 Å². The fraction of sp³-hybridized carbons (Fsp3) is 1.00. The van der Waals surface area contributed by atoms with Crippen LogP contribution in [-0.2, 0) is 4.74 Å². The zero-order chi connectivity index (χ0) is 6.62. The predicted molar refractivity (Wildman–Crippen MR) is 33.7 cm³/mol. The number of hydrogen-bond acceptors (Lipinski definition) is 1. The van der Waals surface area contributed by atoms with Gasteiger partial charge in [-0.05, 0) is 20.8 Å². The molecule has 0 saturated carbocycles. The molecule has 49 valence electrons. The molecule has 0 aliphatic carbocycles. The van der Waals surface area contributed by atoms with Crippen LogP contribution in [0.3, 0.4) is 0 Å². The molecule has 0 aromatic carbocycles. The van der Waals surface area contributed by atoms with E-state index in [2.05, 4.69) is 0 Å². The second-order valence-electron chi connectivity index (χ2n) is 2.71. The zero-order valence-electron chi connectivity index (χ0n) is 5.82. The summed E-state index contributed by atoms with van der Waals surface area (Å²) in [6.07, 6.45) is 0. The Morgan fingerprint density at radius 3 is 2.00 bits per heavy atom. The molecular formula is C6H14NO. The van der Waals surface area contributed by atoms with Crippen molar-refractivity contribution in [3.63, 3.8) is 0 Å². The van der Waals surface area contributed by atoms with Crippen molar-refractivity contribution in [1.29, 1.82) is 0 Å². The van der Waals surface area contributed by atoms with Crippen molar-refractivity contribution < 1.29 is 4.74 Å². The van der Waals surface area contributed by atoms with E-state index < -0.39 is 0 Å². The van der Waals surface area contributed by atoms with E-state index in [0.29, 0.717) is 13.2 Å². The van der Waals surface area contributed by atoms with Gasteiger partial charge in [-0.2, -0.15) is 0 Å². The summed E-state index contributed by atoms with van der Waals surface area (Å²) < 4.78 is 5.19. The van der Waals surface area contributed by atoms with E-state index in [-0.39, 0.29) is 5.60 Å². The van der Waals surface area contributed by atoms with Gasteiger partial charge in [0.2, 0.25) is 0 Å². The molecule has 0 atom stereocenters. The van der Waals surface area contributed by atoms with Crippen molar-refractivity contribution in [2.75, 3.05) is 13.2 Å². The van der Waals surface area contributed by atoms with Crippen LogP contribution in [-0.4, -0.2) is 18.8 Å². The van der Waals surface area contributed by atoms with Gasteiger partial charge in [-0.1, -0.05) is 0 Å². The molecule has 0 amide bonds. The van der Waals surface area contributed by atoms with Crippen LogP contribution in [0, 0.1) is 0 Å². The van der Waals surface area contributed by atoms with Crippen molar-refractivity contribution in [3.05, 3.63) is 0 Å².